The average molecular weight is 223 g/mol. The molecule has 1 aliphatic carbocycles. The van der Waals surface area contributed by atoms with Gasteiger partial charge in [0.2, 0.25) is 0 Å². The van der Waals surface area contributed by atoms with Crippen LogP contribution in [0.4, 0.5) is 0 Å². The first kappa shape index (κ1) is 11.6. The largest absolute Gasteiger partial charge is 0.372 e. The molecule has 0 aromatic carbocycles. The van der Waals surface area contributed by atoms with Gasteiger partial charge >= 0.3 is 0 Å². The Morgan fingerprint density at radius 2 is 2.38 bits per heavy atom. The summed E-state index contributed by atoms with van der Waals surface area (Å²) in [6.07, 6.45) is 5.51. The van der Waals surface area contributed by atoms with Crippen LogP contribution in [-0.2, 0) is 11.3 Å². The standard InChI is InChI=1S/C12H21N3O/c1-9(2)15-6-5-11(14-15)8-16-12-4-3-10(13)7-12/h5-6,9-10,12H,3-4,7-8,13H2,1-2H3. The van der Waals surface area contributed by atoms with Crippen LogP contribution >= 0.6 is 0 Å². The van der Waals surface area contributed by atoms with Gasteiger partial charge in [-0.1, -0.05) is 0 Å². The molecule has 0 aliphatic heterocycles. The Hall–Kier alpha value is -0.870. The molecule has 2 N–H and O–H groups in total. The number of nitrogens with two attached hydrogens (primary N) is 1. The van der Waals surface area contributed by atoms with Crippen LogP contribution in [0.3, 0.4) is 0 Å². The van der Waals surface area contributed by atoms with Crippen LogP contribution in [-0.4, -0.2) is 21.9 Å². The quantitative estimate of drug-likeness (QED) is 0.847. The third kappa shape index (κ3) is 2.83. The SMILES string of the molecule is CC(C)n1ccc(COC2CCC(N)C2)n1. The molecule has 2 atom stereocenters. The molecule has 0 saturated heterocycles. The van der Waals surface area contributed by atoms with E-state index in [1.165, 1.54) is 0 Å². The summed E-state index contributed by atoms with van der Waals surface area (Å²) in [6.45, 7) is 4.85. The summed E-state index contributed by atoms with van der Waals surface area (Å²) < 4.78 is 7.75. The van der Waals surface area contributed by atoms with Crippen molar-refractivity contribution in [3.8, 4) is 0 Å². The van der Waals surface area contributed by atoms with Crippen LogP contribution in [0.5, 0.6) is 0 Å². The first-order valence-electron chi connectivity index (χ1n) is 6.06. The Bertz CT molecular complexity index is 335. The van der Waals surface area contributed by atoms with Crippen molar-refractivity contribution < 1.29 is 4.74 Å². The van der Waals surface area contributed by atoms with Crippen LogP contribution < -0.4 is 5.73 Å². The molecule has 16 heavy (non-hydrogen) atoms. The minimum atomic E-state index is 0.332. The fourth-order valence-electron chi connectivity index (χ4n) is 2.07. The van der Waals surface area contributed by atoms with Crippen molar-refractivity contribution in [1.29, 1.82) is 0 Å². The van der Waals surface area contributed by atoms with Crippen LogP contribution in [0.1, 0.15) is 44.8 Å². The summed E-state index contributed by atoms with van der Waals surface area (Å²) in [5.74, 6) is 0. The van der Waals surface area contributed by atoms with Crippen molar-refractivity contribution >= 4 is 0 Å². The van der Waals surface area contributed by atoms with Gasteiger partial charge in [0.25, 0.3) is 0 Å². The highest BCUT2D eigenvalue weighted by Gasteiger charge is 2.22. The molecule has 1 fully saturated rings. The number of hydrogen-bond donors (Lipinski definition) is 1. The summed E-state index contributed by atoms with van der Waals surface area (Å²) in [5, 5.41) is 4.45. The molecule has 0 bridgehead atoms. The lowest BCUT2D eigenvalue weighted by molar-refractivity contribution is 0.0426. The zero-order valence-electron chi connectivity index (χ0n) is 10.1. The zero-order chi connectivity index (χ0) is 11.5. The summed E-state index contributed by atoms with van der Waals surface area (Å²) in [6, 6.07) is 2.77. The van der Waals surface area contributed by atoms with Crippen molar-refractivity contribution in [2.45, 2.75) is 57.9 Å². The lowest BCUT2D eigenvalue weighted by Crippen LogP contribution is -2.17. The number of hydrogen-bond acceptors (Lipinski definition) is 3. The van der Waals surface area contributed by atoms with E-state index in [1.807, 2.05) is 16.9 Å². The second-order valence-electron chi connectivity index (χ2n) is 4.89. The second kappa shape index (κ2) is 4.97. The minimum absolute atomic E-state index is 0.332. The number of aromatic nitrogens is 2. The lowest BCUT2D eigenvalue weighted by atomic mass is 10.3. The minimum Gasteiger partial charge on any atom is -0.372 e. The van der Waals surface area contributed by atoms with Gasteiger partial charge < -0.3 is 10.5 Å². The third-order valence-electron chi connectivity index (χ3n) is 3.08. The molecule has 4 heteroatoms. The predicted molar refractivity (Wildman–Crippen MR) is 63.0 cm³/mol. The first-order chi connectivity index (χ1) is 7.65. The maximum Gasteiger partial charge on any atom is 0.0910 e. The molecule has 1 saturated carbocycles. The number of ether oxygens (including phenoxy) is 1. The predicted octanol–water partition coefficient (Wildman–Crippen LogP) is 1.86. The van der Waals surface area contributed by atoms with E-state index in [0.717, 1.165) is 25.0 Å². The van der Waals surface area contributed by atoms with Crippen LogP contribution in [0, 0.1) is 0 Å². The van der Waals surface area contributed by atoms with Gasteiger partial charge in [-0.25, -0.2) is 0 Å². The maximum atomic E-state index is 5.84. The van der Waals surface area contributed by atoms with Crippen molar-refractivity contribution in [1.82, 2.24) is 9.78 Å². The van der Waals surface area contributed by atoms with Crippen molar-refractivity contribution in [2.75, 3.05) is 0 Å². The molecular formula is C12H21N3O. The third-order valence-corrected chi connectivity index (χ3v) is 3.08. The molecule has 4 nitrogen and oxygen atoms in total. The molecule has 1 aromatic heterocycles. The van der Waals surface area contributed by atoms with E-state index in [-0.39, 0.29) is 0 Å². The first-order valence-corrected chi connectivity index (χ1v) is 6.06. The van der Waals surface area contributed by atoms with E-state index in [4.69, 9.17) is 10.5 Å². The van der Waals surface area contributed by atoms with Gasteiger partial charge in [0.1, 0.15) is 0 Å². The van der Waals surface area contributed by atoms with Crippen LogP contribution in [0.2, 0.25) is 0 Å². The summed E-state index contributed by atoms with van der Waals surface area (Å²) in [5.41, 5.74) is 6.85. The molecule has 1 aliphatic rings. The van der Waals surface area contributed by atoms with E-state index in [9.17, 15) is 0 Å². The maximum absolute atomic E-state index is 5.84. The van der Waals surface area contributed by atoms with Gasteiger partial charge in [-0.15, -0.1) is 0 Å². The van der Waals surface area contributed by atoms with Gasteiger partial charge in [0, 0.05) is 18.3 Å². The normalized spacial score (nSPS) is 25.5. The Labute approximate surface area is 96.8 Å². The van der Waals surface area contributed by atoms with E-state index >= 15 is 0 Å². The van der Waals surface area contributed by atoms with Gasteiger partial charge in [-0.2, -0.15) is 5.10 Å². The topological polar surface area (TPSA) is 53.1 Å². The monoisotopic (exact) mass is 223 g/mol. The highest BCUT2D eigenvalue weighted by molar-refractivity contribution is 4.98. The van der Waals surface area contributed by atoms with E-state index < -0.39 is 0 Å². The Morgan fingerprint density at radius 3 is 2.94 bits per heavy atom. The van der Waals surface area contributed by atoms with Gasteiger partial charge in [0.15, 0.2) is 0 Å². The van der Waals surface area contributed by atoms with E-state index in [0.29, 0.717) is 24.8 Å². The summed E-state index contributed by atoms with van der Waals surface area (Å²) in [4.78, 5) is 0. The van der Waals surface area contributed by atoms with E-state index in [2.05, 4.69) is 18.9 Å². The van der Waals surface area contributed by atoms with Gasteiger partial charge in [0.05, 0.1) is 18.4 Å². The molecular weight excluding hydrogens is 202 g/mol. The molecule has 0 radical (unpaired) electrons. The smallest absolute Gasteiger partial charge is 0.0910 e. The fraction of sp³-hybridized carbons (Fsp3) is 0.750. The average Bonchev–Trinajstić information content (AvgIpc) is 2.83. The second-order valence-corrected chi connectivity index (χ2v) is 4.89. The lowest BCUT2D eigenvalue weighted by Gasteiger charge is -2.10. The highest BCUT2D eigenvalue weighted by Crippen LogP contribution is 2.21. The van der Waals surface area contributed by atoms with E-state index in [1.54, 1.807) is 0 Å². The van der Waals surface area contributed by atoms with Crippen LogP contribution in [0.25, 0.3) is 0 Å². The molecule has 1 aromatic rings. The Morgan fingerprint density at radius 1 is 1.56 bits per heavy atom. The Balaban J connectivity index is 1.80. The molecule has 2 rings (SSSR count). The summed E-state index contributed by atoms with van der Waals surface area (Å²) in [7, 11) is 0. The van der Waals surface area contributed by atoms with Crippen molar-refractivity contribution in [3.05, 3.63) is 18.0 Å². The van der Waals surface area contributed by atoms with Gasteiger partial charge in [-0.05, 0) is 39.2 Å². The number of nitrogens with zero attached hydrogens (tertiary/aromatic N) is 2. The summed E-state index contributed by atoms with van der Waals surface area (Å²) >= 11 is 0. The molecule has 90 valence electrons. The molecule has 0 amide bonds. The molecule has 1 heterocycles. The van der Waals surface area contributed by atoms with Crippen molar-refractivity contribution in [3.63, 3.8) is 0 Å². The highest BCUT2D eigenvalue weighted by atomic mass is 16.5. The van der Waals surface area contributed by atoms with Crippen LogP contribution in [0.15, 0.2) is 12.3 Å². The molecule has 0 spiro atoms. The zero-order valence-corrected chi connectivity index (χ0v) is 10.1. The number of rotatable bonds is 4. The Kier molecular flexibility index (Phi) is 3.61. The van der Waals surface area contributed by atoms with Gasteiger partial charge in [-0.3, -0.25) is 4.68 Å². The fourth-order valence-corrected chi connectivity index (χ4v) is 2.07. The molecule has 2 unspecified atom stereocenters. The van der Waals surface area contributed by atoms with Crippen molar-refractivity contribution in [2.24, 2.45) is 5.73 Å².